The number of carbonyl (C=O) groups is 2. The standard InChI is InChI=1S/C13H17N5O3/c1-8(14)13(20)21-7-10-3-5-11(6-4-10)16-12(19)9(2)17-18-15/h3-6,8-9H,7,14H2,1-2H3,(H,16,19)/t8-,9?/m0/s1. The van der Waals surface area contributed by atoms with Crippen LogP contribution in [0.2, 0.25) is 0 Å². The van der Waals surface area contributed by atoms with Crippen molar-refractivity contribution >= 4 is 17.6 Å². The van der Waals surface area contributed by atoms with E-state index in [2.05, 4.69) is 15.3 Å². The first kappa shape index (κ1) is 16.5. The average Bonchev–Trinajstić information content (AvgIpc) is 2.46. The van der Waals surface area contributed by atoms with Crippen LogP contribution in [0.5, 0.6) is 0 Å². The fourth-order valence-electron chi connectivity index (χ4n) is 1.35. The van der Waals surface area contributed by atoms with Gasteiger partial charge in [0.2, 0.25) is 5.91 Å². The molecule has 1 rings (SSSR count). The monoisotopic (exact) mass is 291 g/mol. The molecule has 0 aliphatic rings. The molecule has 1 amide bonds. The largest absolute Gasteiger partial charge is 0.460 e. The van der Waals surface area contributed by atoms with Gasteiger partial charge in [0.1, 0.15) is 18.7 Å². The van der Waals surface area contributed by atoms with Gasteiger partial charge in [0.15, 0.2) is 0 Å². The number of nitrogens with zero attached hydrogens (tertiary/aromatic N) is 3. The normalized spacial score (nSPS) is 12.7. The van der Waals surface area contributed by atoms with Crippen LogP contribution in [0.25, 0.3) is 10.4 Å². The molecule has 0 aliphatic carbocycles. The summed E-state index contributed by atoms with van der Waals surface area (Å²) >= 11 is 0. The number of anilines is 1. The van der Waals surface area contributed by atoms with E-state index < -0.39 is 24.0 Å². The third-order valence-corrected chi connectivity index (χ3v) is 2.58. The van der Waals surface area contributed by atoms with Crippen LogP contribution in [-0.4, -0.2) is 24.0 Å². The molecule has 0 bridgehead atoms. The topological polar surface area (TPSA) is 130 Å². The van der Waals surface area contributed by atoms with Crippen LogP contribution >= 0.6 is 0 Å². The summed E-state index contributed by atoms with van der Waals surface area (Å²) in [6.07, 6.45) is 0. The Morgan fingerprint density at radius 1 is 1.38 bits per heavy atom. The molecule has 0 aromatic heterocycles. The van der Waals surface area contributed by atoms with Gasteiger partial charge in [-0.25, -0.2) is 0 Å². The molecule has 8 heteroatoms. The molecule has 0 radical (unpaired) electrons. The van der Waals surface area contributed by atoms with E-state index in [-0.39, 0.29) is 6.61 Å². The number of carbonyl (C=O) groups excluding carboxylic acids is 2. The van der Waals surface area contributed by atoms with Crippen LogP contribution in [0.4, 0.5) is 5.69 Å². The van der Waals surface area contributed by atoms with Crippen LogP contribution in [0.3, 0.4) is 0 Å². The van der Waals surface area contributed by atoms with E-state index in [0.29, 0.717) is 5.69 Å². The molecular formula is C13H17N5O3. The number of rotatable bonds is 6. The molecule has 3 N–H and O–H groups in total. The Labute approximate surface area is 121 Å². The molecular weight excluding hydrogens is 274 g/mol. The zero-order valence-electron chi connectivity index (χ0n) is 11.8. The average molecular weight is 291 g/mol. The molecule has 0 heterocycles. The summed E-state index contributed by atoms with van der Waals surface area (Å²) in [5, 5.41) is 5.91. The Bertz CT molecular complexity index is 549. The van der Waals surface area contributed by atoms with Crippen molar-refractivity contribution in [2.45, 2.75) is 32.5 Å². The fourth-order valence-corrected chi connectivity index (χ4v) is 1.35. The van der Waals surface area contributed by atoms with Gasteiger partial charge in [-0.2, -0.15) is 0 Å². The van der Waals surface area contributed by atoms with Crippen molar-refractivity contribution in [1.29, 1.82) is 0 Å². The minimum Gasteiger partial charge on any atom is -0.460 e. The maximum absolute atomic E-state index is 11.6. The highest BCUT2D eigenvalue weighted by Crippen LogP contribution is 2.11. The molecule has 8 nitrogen and oxygen atoms in total. The second-order valence-corrected chi connectivity index (χ2v) is 4.46. The van der Waals surface area contributed by atoms with Gasteiger partial charge >= 0.3 is 5.97 Å². The summed E-state index contributed by atoms with van der Waals surface area (Å²) in [6, 6.07) is 5.29. The molecule has 1 aromatic carbocycles. The minimum atomic E-state index is -0.790. The summed E-state index contributed by atoms with van der Waals surface area (Å²) in [6.45, 7) is 3.16. The van der Waals surface area contributed by atoms with Crippen LogP contribution in [0, 0.1) is 0 Å². The molecule has 2 atom stereocenters. The zero-order chi connectivity index (χ0) is 15.8. The maximum atomic E-state index is 11.6. The molecule has 1 unspecified atom stereocenters. The van der Waals surface area contributed by atoms with Crippen molar-refractivity contribution in [3.05, 3.63) is 40.3 Å². The highest BCUT2D eigenvalue weighted by atomic mass is 16.5. The lowest BCUT2D eigenvalue weighted by Crippen LogP contribution is -2.28. The first-order chi connectivity index (χ1) is 9.93. The van der Waals surface area contributed by atoms with E-state index in [1.54, 1.807) is 31.2 Å². The number of nitrogens with two attached hydrogens (primary N) is 1. The predicted molar refractivity (Wildman–Crippen MR) is 77.1 cm³/mol. The maximum Gasteiger partial charge on any atom is 0.322 e. The lowest BCUT2D eigenvalue weighted by molar-refractivity contribution is -0.146. The quantitative estimate of drug-likeness (QED) is 0.357. The summed E-state index contributed by atoms with van der Waals surface area (Å²) in [5.41, 5.74) is 15.0. The Kier molecular flexibility index (Phi) is 6.19. The SMILES string of the molecule is CC(N=[N+]=[N-])C(=O)Nc1ccc(COC(=O)[C@H](C)N)cc1. The van der Waals surface area contributed by atoms with Gasteiger partial charge in [-0.3, -0.25) is 9.59 Å². The van der Waals surface area contributed by atoms with Crippen LogP contribution in [0.1, 0.15) is 19.4 Å². The van der Waals surface area contributed by atoms with Gasteiger partial charge in [-0.05, 0) is 37.1 Å². The molecule has 1 aromatic rings. The minimum absolute atomic E-state index is 0.115. The lowest BCUT2D eigenvalue weighted by atomic mass is 10.2. The Balaban J connectivity index is 2.56. The van der Waals surface area contributed by atoms with Crippen molar-refractivity contribution < 1.29 is 14.3 Å². The van der Waals surface area contributed by atoms with Gasteiger partial charge in [-0.1, -0.05) is 17.2 Å². The highest BCUT2D eigenvalue weighted by Gasteiger charge is 2.11. The highest BCUT2D eigenvalue weighted by molar-refractivity contribution is 5.94. The lowest BCUT2D eigenvalue weighted by Gasteiger charge is -2.09. The smallest absolute Gasteiger partial charge is 0.322 e. The van der Waals surface area contributed by atoms with Crippen molar-refractivity contribution in [3.8, 4) is 0 Å². The number of ether oxygens (including phenoxy) is 1. The summed E-state index contributed by atoms with van der Waals surface area (Å²) in [4.78, 5) is 25.4. The molecule has 0 aliphatic heterocycles. The van der Waals surface area contributed by atoms with Gasteiger partial charge in [0.25, 0.3) is 0 Å². The molecule has 0 spiro atoms. The molecule has 0 fully saturated rings. The van der Waals surface area contributed by atoms with E-state index in [1.165, 1.54) is 6.92 Å². The van der Waals surface area contributed by atoms with E-state index in [0.717, 1.165) is 5.56 Å². The van der Waals surface area contributed by atoms with Crippen molar-refractivity contribution in [2.75, 3.05) is 5.32 Å². The van der Waals surface area contributed by atoms with E-state index in [4.69, 9.17) is 16.0 Å². The number of esters is 1. The van der Waals surface area contributed by atoms with E-state index in [1.807, 2.05) is 0 Å². The van der Waals surface area contributed by atoms with E-state index in [9.17, 15) is 9.59 Å². The summed E-state index contributed by atoms with van der Waals surface area (Å²) < 4.78 is 4.97. The first-order valence-electron chi connectivity index (χ1n) is 6.30. The van der Waals surface area contributed by atoms with Crippen molar-refractivity contribution in [2.24, 2.45) is 10.8 Å². The second-order valence-electron chi connectivity index (χ2n) is 4.46. The van der Waals surface area contributed by atoms with Crippen molar-refractivity contribution in [3.63, 3.8) is 0 Å². The molecule has 0 saturated carbocycles. The number of nitrogens with one attached hydrogen (secondary N) is 1. The van der Waals surface area contributed by atoms with Gasteiger partial charge in [0.05, 0.1) is 0 Å². The van der Waals surface area contributed by atoms with Crippen LogP contribution in [0.15, 0.2) is 29.4 Å². The first-order valence-corrected chi connectivity index (χ1v) is 6.30. The van der Waals surface area contributed by atoms with Gasteiger partial charge in [0, 0.05) is 10.6 Å². The number of benzene rings is 1. The number of amides is 1. The number of hydrogen-bond acceptors (Lipinski definition) is 5. The molecule has 112 valence electrons. The summed E-state index contributed by atoms with van der Waals surface area (Å²) in [7, 11) is 0. The Morgan fingerprint density at radius 3 is 2.52 bits per heavy atom. The second kappa shape index (κ2) is 7.88. The van der Waals surface area contributed by atoms with E-state index >= 15 is 0 Å². The molecule has 21 heavy (non-hydrogen) atoms. The summed E-state index contributed by atoms with van der Waals surface area (Å²) in [5.74, 6) is -0.875. The predicted octanol–water partition coefficient (Wildman–Crippen LogP) is 1.71. The number of azide groups is 1. The zero-order valence-corrected chi connectivity index (χ0v) is 11.8. The fraction of sp³-hybridized carbons (Fsp3) is 0.385. The Morgan fingerprint density at radius 2 is 2.00 bits per heavy atom. The Hall–Kier alpha value is -2.57. The van der Waals surface area contributed by atoms with Gasteiger partial charge in [-0.15, -0.1) is 0 Å². The third-order valence-electron chi connectivity index (χ3n) is 2.58. The number of hydrogen-bond donors (Lipinski definition) is 2. The van der Waals surface area contributed by atoms with Crippen LogP contribution < -0.4 is 11.1 Å². The van der Waals surface area contributed by atoms with Crippen molar-refractivity contribution in [1.82, 2.24) is 0 Å². The van der Waals surface area contributed by atoms with Crippen LogP contribution in [-0.2, 0) is 20.9 Å². The van der Waals surface area contributed by atoms with Gasteiger partial charge < -0.3 is 15.8 Å². The third kappa shape index (κ3) is 5.52. The molecule has 0 saturated heterocycles.